The average Bonchev–Trinajstić information content (AvgIpc) is 3.73. The summed E-state index contributed by atoms with van der Waals surface area (Å²) in [5.41, 5.74) is 0.559. The molecule has 14 heteroatoms. The van der Waals surface area contributed by atoms with Gasteiger partial charge in [0.1, 0.15) is 29.6 Å². The fourth-order valence-electron chi connectivity index (χ4n) is 7.84. The highest BCUT2D eigenvalue weighted by Crippen LogP contribution is 2.42. The lowest BCUT2D eigenvalue weighted by Gasteiger charge is -2.49. The van der Waals surface area contributed by atoms with Gasteiger partial charge in [-0.25, -0.2) is 14.2 Å². The molecule has 4 aromatic rings. The van der Waals surface area contributed by atoms with Crippen molar-refractivity contribution >= 4 is 55.2 Å². The van der Waals surface area contributed by atoms with Gasteiger partial charge in [0.15, 0.2) is 15.8 Å². The molecule has 4 saturated heterocycles. The van der Waals surface area contributed by atoms with E-state index < -0.39 is 11.8 Å². The van der Waals surface area contributed by atoms with Crippen molar-refractivity contribution in [2.45, 2.75) is 69.4 Å². The summed E-state index contributed by atoms with van der Waals surface area (Å²) in [5.74, 6) is 1.37. The second-order valence-electron chi connectivity index (χ2n) is 14.5. The number of ether oxygens (including phenoxy) is 4. The smallest absolute Gasteiger partial charge is 0.411 e. The molecule has 1 N–H and O–H groups in total. The highest BCUT2D eigenvalue weighted by molar-refractivity contribution is 7.22. The number of amides is 1. The number of morpholine rings is 1. The molecule has 6 heterocycles. The number of hydrogen-bond acceptors (Lipinski definition) is 12. The van der Waals surface area contributed by atoms with Gasteiger partial charge in [-0.1, -0.05) is 35.6 Å². The van der Waals surface area contributed by atoms with E-state index in [2.05, 4.69) is 21.2 Å². The molecule has 260 valence electrons. The van der Waals surface area contributed by atoms with Crippen LogP contribution in [0.15, 0.2) is 36.4 Å². The van der Waals surface area contributed by atoms with E-state index in [9.17, 15) is 9.18 Å². The topological polar surface area (TPSA) is 114 Å². The maximum Gasteiger partial charge on any atom is 0.411 e. The minimum absolute atomic E-state index is 0.234. The molecule has 4 aliphatic heterocycles. The second kappa shape index (κ2) is 12.4. The number of nitrogens with zero attached hydrogens (tertiary/aromatic N) is 6. The van der Waals surface area contributed by atoms with Crippen molar-refractivity contribution < 1.29 is 28.1 Å². The summed E-state index contributed by atoms with van der Waals surface area (Å²) in [4.78, 5) is 35.0. The molecule has 2 bridgehead atoms. The Morgan fingerprint density at radius 1 is 1.12 bits per heavy atom. The van der Waals surface area contributed by atoms with Gasteiger partial charge in [0, 0.05) is 37.5 Å². The number of carbonyl (C=O) groups is 1. The molecule has 8 rings (SSSR count). The standard InChI is InChI=1S/C35H42FN7O5S/c1-34(2,3)48-33(44)43-23-16-41(17-24(43)19-46-18-23)29-28-30(40-31(39-29)47-20-35-10-7-11-42(35)15-22(36)14-35)49-32(38-28)37-27-13-25(45-4)12-21-8-5-6-9-26(21)27/h5-6,8-9,12-13,22-24H,7,10-11,14-20H2,1-4H3,(H,37,38)/t22-,23?,24?,35+/m1/s1. The molecule has 4 aliphatic rings. The zero-order valence-corrected chi connectivity index (χ0v) is 29.1. The normalized spacial score (nSPS) is 25.5. The summed E-state index contributed by atoms with van der Waals surface area (Å²) in [7, 11) is 1.65. The third kappa shape index (κ3) is 6.18. The van der Waals surface area contributed by atoms with Crippen molar-refractivity contribution in [2.75, 3.05) is 63.3 Å². The fraction of sp³-hybridized carbons (Fsp3) is 0.543. The number of piperazine rings is 1. The first-order chi connectivity index (χ1) is 23.6. The fourth-order valence-corrected chi connectivity index (χ4v) is 8.68. The van der Waals surface area contributed by atoms with Crippen LogP contribution in [0.3, 0.4) is 0 Å². The summed E-state index contributed by atoms with van der Waals surface area (Å²) < 4.78 is 38.2. The van der Waals surface area contributed by atoms with Crippen LogP contribution in [0, 0.1) is 0 Å². The summed E-state index contributed by atoms with van der Waals surface area (Å²) in [6, 6.07) is 11.8. The maximum atomic E-state index is 14.5. The Morgan fingerprint density at radius 2 is 1.92 bits per heavy atom. The predicted octanol–water partition coefficient (Wildman–Crippen LogP) is 5.77. The summed E-state index contributed by atoms with van der Waals surface area (Å²) >= 11 is 1.42. The van der Waals surface area contributed by atoms with Gasteiger partial charge >= 0.3 is 12.1 Å². The minimum Gasteiger partial charge on any atom is -0.497 e. The molecule has 2 unspecified atom stereocenters. The quantitative estimate of drug-likeness (QED) is 0.255. The van der Waals surface area contributed by atoms with Crippen molar-refractivity contribution in [3.63, 3.8) is 0 Å². The van der Waals surface area contributed by atoms with E-state index in [4.69, 9.17) is 33.9 Å². The van der Waals surface area contributed by atoms with Gasteiger partial charge in [0.05, 0.1) is 43.6 Å². The van der Waals surface area contributed by atoms with Gasteiger partial charge in [-0.2, -0.15) is 9.97 Å². The van der Waals surface area contributed by atoms with Crippen LogP contribution in [-0.2, 0) is 9.47 Å². The Bertz CT molecular complexity index is 1870. The number of methoxy groups -OCH3 is 1. The van der Waals surface area contributed by atoms with E-state index in [1.807, 2.05) is 56.0 Å². The molecule has 2 aromatic heterocycles. The van der Waals surface area contributed by atoms with Crippen molar-refractivity contribution in [2.24, 2.45) is 0 Å². The van der Waals surface area contributed by atoms with Crippen LogP contribution in [-0.4, -0.2) is 113 Å². The molecular weight excluding hydrogens is 649 g/mol. The van der Waals surface area contributed by atoms with Crippen LogP contribution >= 0.6 is 11.3 Å². The number of halogens is 1. The zero-order valence-electron chi connectivity index (χ0n) is 28.3. The van der Waals surface area contributed by atoms with Gasteiger partial charge in [0.25, 0.3) is 0 Å². The van der Waals surface area contributed by atoms with E-state index in [1.54, 1.807) is 7.11 Å². The number of alkyl halides is 1. The number of aromatic nitrogens is 3. The number of benzene rings is 2. The van der Waals surface area contributed by atoms with Crippen LogP contribution in [0.4, 0.5) is 25.8 Å². The molecule has 1 amide bonds. The minimum atomic E-state index is -0.853. The molecular formula is C35H42FN7O5S. The van der Waals surface area contributed by atoms with E-state index in [-0.39, 0.29) is 29.7 Å². The number of carbonyl (C=O) groups excluding carboxylic acids is 1. The summed E-state index contributed by atoms with van der Waals surface area (Å²) in [6.45, 7) is 9.00. The summed E-state index contributed by atoms with van der Waals surface area (Å²) in [5, 5.41) is 6.24. The van der Waals surface area contributed by atoms with Gasteiger partial charge in [-0.05, 0) is 51.6 Å². The van der Waals surface area contributed by atoms with Crippen LogP contribution in [0.2, 0.25) is 0 Å². The lowest BCUT2D eigenvalue weighted by atomic mass is 9.95. The lowest BCUT2D eigenvalue weighted by Crippen LogP contribution is -2.66. The van der Waals surface area contributed by atoms with Gasteiger partial charge < -0.3 is 29.2 Å². The van der Waals surface area contributed by atoms with Crippen LogP contribution in [0.1, 0.15) is 40.0 Å². The Balaban J connectivity index is 1.14. The molecule has 4 fully saturated rings. The number of fused-ring (bicyclic) bond motifs is 5. The molecule has 49 heavy (non-hydrogen) atoms. The molecule has 0 saturated carbocycles. The van der Waals surface area contributed by atoms with Crippen LogP contribution in [0.5, 0.6) is 11.8 Å². The number of hydrogen-bond donors (Lipinski definition) is 1. The first-order valence-corrected chi connectivity index (χ1v) is 17.8. The molecule has 0 radical (unpaired) electrons. The first-order valence-electron chi connectivity index (χ1n) is 17.0. The molecule has 2 aromatic carbocycles. The number of thiazole rings is 1. The Labute approximate surface area is 288 Å². The number of anilines is 3. The van der Waals surface area contributed by atoms with E-state index >= 15 is 0 Å². The van der Waals surface area contributed by atoms with Gasteiger partial charge in [0.2, 0.25) is 0 Å². The predicted molar refractivity (Wildman–Crippen MR) is 186 cm³/mol. The number of rotatable bonds is 7. The molecule has 0 aliphatic carbocycles. The molecule has 0 spiro atoms. The highest BCUT2D eigenvalue weighted by atomic mass is 32.1. The Kier molecular flexibility index (Phi) is 8.15. The van der Waals surface area contributed by atoms with Crippen molar-refractivity contribution in [1.29, 1.82) is 0 Å². The van der Waals surface area contributed by atoms with Crippen molar-refractivity contribution in [1.82, 2.24) is 24.8 Å². The Hall–Kier alpha value is -4.01. The average molecular weight is 692 g/mol. The van der Waals surface area contributed by atoms with Crippen LogP contribution in [0.25, 0.3) is 21.1 Å². The summed E-state index contributed by atoms with van der Waals surface area (Å²) in [6.07, 6.45) is 1.18. The SMILES string of the molecule is COc1cc(Nc2nc3c(N4CC5COCC(C4)N5C(=O)OC(C)(C)C)nc(OC[C@@]45CCCN4C[C@H](F)C5)nc3s2)c2ccccc2c1. The largest absolute Gasteiger partial charge is 0.497 e. The van der Waals surface area contributed by atoms with E-state index in [1.165, 1.54) is 11.3 Å². The maximum absolute atomic E-state index is 14.5. The van der Waals surface area contributed by atoms with Crippen molar-refractivity contribution in [3.05, 3.63) is 36.4 Å². The zero-order chi connectivity index (χ0) is 33.9. The third-order valence-electron chi connectivity index (χ3n) is 9.94. The lowest BCUT2D eigenvalue weighted by molar-refractivity contribution is -0.0665. The Morgan fingerprint density at radius 3 is 2.69 bits per heavy atom. The first kappa shape index (κ1) is 32.2. The van der Waals surface area contributed by atoms with E-state index in [0.717, 1.165) is 41.6 Å². The monoisotopic (exact) mass is 691 g/mol. The third-order valence-corrected chi connectivity index (χ3v) is 10.8. The van der Waals surface area contributed by atoms with Gasteiger partial charge in [-0.15, -0.1) is 0 Å². The van der Waals surface area contributed by atoms with Crippen molar-refractivity contribution in [3.8, 4) is 11.8 Å². The van der Waals surface area contributed by atoms with E-state index in [0.29, 0.717) is 67.2 Å². The highest BCUT2D eigenvalue weighted by Gasteiger charge is 2.49. The molecule has 12 nitrogen and oxygen atoms in total. The van der Waals surface area contributed by atoms with Crippen LogP contribution < -0.4 is 19.7 Å². The van der Waals surface area contributed by atoms with Gasteiger partial charge in [-0.3, -0.25) is 9.80 Å². The number of nitrogens with one attached hydrogen (secondary N) is 1. The molecule has 4 atom stereocenters. The second-order valence-corrected chi connectivity index (χ2v) is 15.5.